The van der Waals surface area contributed by atoms with Gasteiger partial charge in [0.1, 0.15) is 11.6 Å². The fourth-order valence-electron chi connectivity index (χ4n) is 10.2. The summed E-state index contributed by atoms with van der Waals surface area (Å²) in [6, 6.07) is 74.0. The van der Waals surface area contributed by atoms with Gasteiger partial charge in [-0.05, 0) is 78.9 Å². The number of nitriles is 1. The molecule has 4 aromatic heterocycles. The predicted octanol–water partition coefficient (Wildman–Crippen LogP) is 13.9. The summed E-state index contributed by atoms with van der Waals surface area (Å²) < 4.78 is 9.38. The van der Waals surface area contributed by atoms with Crippen molar-refractivity contribution in [2.45, 2.75) is 0 Å². The maximum atomic E-state index is 11.4. The highest BCUT2D eigenvalue weighted by Crippen LogP contribution is 2.44. The second-order valence-electron chi connectivity index (χ2n) is 15.6. The van der Waals surface area contributed by atoms with Crippen LogP contribution in [0.2, 0.25) is 0 Å². The van der Waals surface area contributed by atoms with E-state index in [1.54, 1.807) is 0 Å². The molecule has 13 rings (SSSR count). The van der Waals surface area contributed by atoms with Gasteiger partial charge in [0.2, 0.25) is 0 Å². The molecule has 13 aromatic rings. The second-order valence-corrected chi connectivity index (χ2v) is 15.6. The summed E-state index contributed by atoms with van der Waals surface area (Å²) in [5, 5.41) is 20.7. The van der Waals surface area contributed by atoms with Crippen LogP contribution in [0, 0.1) is 11.3 Å². The summed E-state index contributed by atoms with van der Waals surface area (Å²) in [6.07, 6.45) is 0. The van der Waals surface area contributed by atoms with Gasteiger partial charge in [0, 0.05) is 54.5 Å². The van der Waals surface area contributed by atoms with E-state index in [-0.39, 0.29) is 0 Å². The lowest BCUT2D eigenvalue weighted by Gasteiger charge is -2.16. The third kappa shape index (κ3) is 4.34. The van der Waals surface area contributed by atoms with Gasteiger partial charge in [-0.2, -0.15) is 5.26 Å². The molecule has 0 fully saturated rings. The average Bonchev–Trinajstić information content (AvgIpc) is 4.03. The van der Waals surface area contributed by atoms with E-state index in [9.17, 15) is 5.26 Å². The SMILES string of the molecule is N#Cc1c(-n2c3ccccc3c3cc4c(cc32)c2ccccc2n4-c2ccccc2)cccc1-n1c2ccccc2c2c1ccc1c3ccccc3n(-c3ccccc3)c12. The van der Waals surface area contributed by atoms with Crippen LogP contribution in [0.4, 0.5) is 0 Å². The molecule has 4 heterocycles. The first-order valence-electron chi connectivity index (χ1n) is 20.3. The molecule has 60 heavy (non-hydrogen) atoms. The lowest BCUT2D eigenvalue weighted by molar-refractivity contribution is 1.12. The van der Waals surface area contributed by atoms with E-state index in [0.29, 0.717) is 5.56 Å². The summed E-state index contributed by atoms with van der Waals surface area (Å²) in [5.74, 6) is 0. The molecule has 0 spiro atoms. The highest BCUT2D eigenvalue weighted by atomic mass is 15.0. The van der Waals surface area contributed by atoms with Crippen molar-refractivity contribution in [2.24, 2.45) is 0 Å². The highest BCUT2D eigenvalue weighted by Gasteiger charge is 2.24. The van der Waals surface area contributed by atoms with Crippen LogP contribution in [-0.2, 0) is 0 Å². The molecule has 0 radical (unpaired) electrons. The number of para-hydroxylation sites is 6. The maximum Gasteiger partial charge on any atom is 0.104 e. The van der Waals surface area contributed by atoms with Gasteiger partial charge in [-0.25, -0.2) is 0 Å². The van der Waals surface area contributed by atoms with E-state index >= 15 is 0 Å². The Balaban J connectivity index is 1.13. The van der Waals surface area contributed by atoms with Crippen LogP contribution in [0.3, 0.4) is 0 Å². The fraction of sp³-hybridized carbons (Fsp3) is 0. The molecule has 0 bridgehead atoms. The molecular weight excluding hydrogens is 731 g/mol. The van der Waals surface area contributed by atoms with Crippen molar-refractivity contribution in [2.75, 3.05) is 0 Å². The van der Waals surface area contributed by atoms with Crippen molar-refractivity contribution in [1.29, 1.82) is 5.26 Å². The molecule has 0 unspecified atom stereocenters. The molecule has 0 N–H and O–H groups in total. The minimum absolute atomic E-state index is 0.610. The van der Waals surface area contributed by atoms with Gasteiger partial charge >= 0.3 is 0 Å². The summed E-state index contributed by atoms with van der Waals surface area (Å²) in [4.78, 5) is 0. The Morgan fingerprint density at radius 1 is 0.300 bits per heavy atom. The topological polar surface area (TPSA) is 43.5 Å². The molecule has 5 heteroatoms. The standard InChI is InChI=1S/C55H33N5/c56-34-44-49(59-48-27-14-10-23-41(48)54-51(59)31-30-40-37-20-7-12-25-46(37)58(55(40)54)36-18-5-2-6-19-36)28-15-29-50(44)60-47-26-13-9-22-39(47)43-32-52-42(33-53(43)60)38-21-8-11-24-45(38)57(52)35-16-3-1-4-17-35/h1-33H. The number of nitrogens with zero attached hydrogens (tertiary/aromatic N) is 5. The van der Waals surface area contributed by atoms with Crippen LogP contribution in [0.25, 0.3) is 110 Å². The van der Waals surface area contributed by atoms with E-state index in [4.69, 9.17) is 0 Å². The minimum atomic E-state index is 0.610. The molecule has 0 atom stereocenters. The van der Waals surface area contributed by atoms with Crippen molar-refractivity contribution in [3.05, 3.63) is 206 Å². The normalized spacial score (nSPS) is 12.0. The zero-order valence-corrected chi connectivity index (χ0v) is 32.3. The molecule has 9 aromatic carbocycles. The lowest BCUT2D eigenvalue weighted by atomic mass is 10.1. The van der Waals surface area contributed by atoms with Crippen molar-refractivity contribution >= 4 is 87.2 Å². The van der Waals surface area contributed by atoms with Gasteiger partial charge < -0.3 is 18.3 Å². The minimum Gasteiger partial charge on any atom is -0.309 e. The Hall–Kier alpha value is -8.33. The lowest BCUT2D eigenvalue weighted by Crippen LogP contribution is -2.04. The molecule has 0 aliphatic carbocycles. The van der Waals surface area contributed by atoms with E-state index in [1.165, 1.54) is 21.5 Å². The van der Waals surface area contributed by atoms with Crippen LogP contribution in [-0.4, -0.2) is 18.3 Å². The van der Waals surface area contributed by atoms with Crippen LogP contribution in [0.1, 0.15) is 5.56 Å². The van der Waals surface area contributed by atoms with Crippen LogP contribution in [0.5, 0.6) is 0 Å². The van der Waals surface area contributed by atoms with E-state index in [2.05, 4.69) is 225 Å². The van der Waals surface area contributed by atoms with Crippen molar-refractivity contribution in [3.63, 3.8) is 0 Å². The molecule has 0 amide bonds. The first-order valence-corrected chi connectivity index (χ1v) is 20.3. The van der Waals surface area contributed by atoms with E-state index in [1.807, 2.05) is 0 Å². The largest absolute Gasteiger partial charge is 0.309 e. The Bertz CT molecular complexity index is 3950. The fourth-order valence-corrected chi connectivity index (χ4v) is 10.2. The van der Waals surface area contributed by atoms with Gasteiger partial charge in [-0.15, -0.1) is 0 Å². The maximum absolute atomic E-state index is 11.4. The van der Waals surface area contributed by atoms with Gasteiger partial charge in [0.15, 0.2) is 0 Å². The average molecular weight is 764 g/mol. The van der Waals surface area contributed by atoms with Gasteiger partial charge in [-0.3, -0.25) is 0 Å². The summed E-state index contributed by atoms with van der Waals surface area (Å²) in [5.41, 5.74) is 13.4. The number of fused-ring (bicyclic) bond motifs is 13. The number of hydrogen-bond acceptors (Lipinski definition) is 1. The van der Waals surface area contributed by atoms with Crippen molar-refractivity contribution < 1.29 is 0 Å². The zero-order valence-electron chi connectivity index (χ0n) is 32.3. The van der Waals surface area contributed by atoms with Gasteiger partial charge in [0.05, 0.1) is 55.5 Å². The highest BCUT2D eigenvalue weighted by molar-refractivity contribution is 6.26. The number of benzene rings is 9. The zero-order chi connectivity index (χ0) is 39.5. The number of aromatic nitrogens is 4. The monoisotopic (exact) mass is 763 g/mol. The van der Waals surface area contributed by atoms with Crippen molar-refractivity contribution in [3.8, 4) is 28.8 Å². The molecule has 0 aliphatic heterocycles. The smallest absolute Gasteiger partial charge is 0.104 e. The number of rotatable bonds is 4. The third-order valence-electron chi connectivity index (χ3n) is 12.6. The Morgan fingerprint density at radius 2 is 0.733 bits per heavy atom. The summed E-state index contributed by atoms with van der Waals surface area (Å²) in [6.45, 7) is 0. The summed E-state index contributed by atoms with van der Waals surface area (Å²) in [7, 11) is 0. The van der Waals surface area contributed by atoms with Crippen LogP contribution in [0.15, 0.2) is 200 Å². The molecule has 0 saturated heterocycles. The van der Waals surface area contributed by atoms with Crippen LogP contribution < -0.4 is 0 Å². The molecule has 278 valence electrons. The molecule has 5 nitrogen and oxygen atoms in total. The Labute approximate surface area is 344 Å². The molecule has 0 saturated carbocycles. The third-order valence-corrected chi connectivity index (χ3v) is 12.6. The number of hydrogen-bond donors (Lipinski definition) is 0. The van der Waals surface area contributed by atoms with E-state index in [0.717, 1.165) is 88.4 Å². The van der Waals surface area contributed by atoms with E-state index < -0.39 is 0 Å². The molecular formula is C55H33N5. The summed E-state index contributed by atoms with van der Waals surface area (Å²) >= 11 is 0. The van der Waals surface area contributed by atoms with Gasteiger partial charge in [0.25, 0.3) is 0 Å². The van der Waals surface area contributed by atoms with Crippen LogP contribution >= 0.6 is 0 Å². The quantitative estimate of drug-likeness (QED) is 0.176. The first-order chi connectivity index (χ1) is 29.8. The predicted molar refractivity (Wildman–Crippen MR) is 249 cm³/mol. The first kappa shape index (κ1) is 32.7. The Morgan fingerprint density at radius 3 is 1.32 bits per heavy atom. The Kier molecular flexibility index (Phi) is 6.73. The van der Waals surface area contributed by atoms with Crippen molar-refractivity contribution in [1.82, 2.24) is 18.3 Å². The second kappa shape index (κ2) is 12.3. The van der Waals surface area contributed by atoms with Gasteiger partial charge in [-0.1, -0.05) is 121 Å². The molecule has 0 aliphatic rings.